The van der Waals surface area contributed by atoms with E-state index in [2.05, 4.69) is 13.5 Å². The molecule has 3 aromatic carbocycles. The molecule has 1 fully saturated rings. The lowest BCUT2D eigenvalue weighted by Crippen LogP contribution is -2.29. The molecule has 0 spiro atoms. The monoisotopic (exact) mass is 526 g/mol. The van der Waals surface area contributed by atoms with E-state index in [0.29, 0.717) is 34.4 Å². The number of ether oxygens (including phenoxy) is 2. The Morgan fingerprint density at radius 1 is 1.11 bits per heavy atom. The van der Waals surface area contributed by atoms with Crippen LogP contribution in [-0.4, -0.2) is 35.5 Å². The van der Waals surface area contributed by atoms with Gasteiger partial charge in [0.25, 0.3) is 5.78 Å². The van der Waals surface area contributed by atoms with Gasteiger partial charge in [-0.25, -0.2) is 4.98 Å². The Morgan fingerprint density at radius 3 is 2.61 bits per heavy atom. The van der Waals surface area contributed by atoms with E-state index in [0.717, 1.165) is 22.2 Å². The third kappa shape index (κ3) is 4.54. The summed E-state index contributed by atoms with van der Waals surface area (Å²) < 4.78 is 11.8. The van der Waals surface area contributed by atoms with Crippen LogP contribution in [0.2, 0.25) is 0 Å². The van der Waals surface area contributed by atoms with Gasteiger partial charge < -0.3 is 14.6 Å². The smallest absolute Gasteiger partial charge is 0.301 e. The van der Waals surface area contributed by atoms with E-state index in [1.165, 1.54) is 16.2 Å². The molecule has 1 unspecified atom stereocenters. The topological polar surface area (TPSA) is 89.0 Å². The summed E-state index contributed by atoms with van der Waals surface area (Å²) in [4.78, 5) is 33.1. The zero-order chi connectivity index (χ0) is 26.8. The lowest BCUT2D eigenvalue weighted by Gasteiger charge is -2.23. The molecule has 38 heavy (non-hydrogen) atoms. The number of rotatable bonds is 8. The highest BCUT2D eigenvalue weighted by atomic mass is 32.1. The Kier molecular flexibility index (Phi) is 6.98. The molecule has 1 aliphatic heterocycles. The second kappa shape index (κ2) is 10.5. The van der Waals surface area contributed by atoms with Crippen LogP contribution in [0.15, 0.2) is 85.0 Å². The van der Waals surface area contributed by atoms with Gasteiger partial charge in [-0.3, -0.25) is 14.5 Å². The number of hydrogen-bond donors (Lipinski definition) is 1. The average molecular weight is 527 g/mol. The van der Waals surface area contributed by atoms with Crippen LogP contribution in [0.1, 0.15) is 29.7 Å². The number of fused-ring (bicyclic) bond motifs is 1. The van der Waals surface area contributed by atoms with E-state index in [-0.39, 0.29) is 11.3 Å². The number of aliphatic hydroxyl groups excluding tert-OH is 1. The fourth-order valence-electron chi connectivity index (χ4n) is 4.46. The van der Waals surface area contributed by atoms with Crippen molar-refractivity contribution >= 4 is 44.1 Å². The summed E-state index contributed by atoms with van der Waals surface area (Å²) in [5, 5.41) is 11.7. The number of amides is 1. The van der Waals surface area contributed by atoms with E-state index < -0.39 is 17.7 Å². The van der Waals surface area contributed by atoms with Gasteiger partial charge in [0.2, 0.25) is 0 Å². The summed E-state index contributed by atoms with van der Waals surface area (Å²) in [7, 11) is 1.54. The van der Waals surface area contributed by atoms with Crippen molar-refractivity contribution in [1.29, 1.82) is 0 Å². The molecular weight excluding hydrogens is 500 g/mol. The number of aromatic nitrogens is 1. The van der Waals surface area contributed by atoms with Gasteiger partial charge in [-0.2, -0.15) is 0 Å². The average Bonchev–Trinajstić information content (AvgIpc) is 3.49. The molecular formula is C30H26N2O5S. The normalized spacial score (nSPS) is 16.7. The van der Waals surface area contributed by atoms with Gasteiger partial charge in [-0.15, -0.1) is 0 Å². The van der Waals surface area contributed by atoms with Crippen LogP contribution in [0.5, 0.6) is 11.5 Å². The van der Waals surface area contributed by atoms with Crippen LogP contribution in [0, 0.1) is 0 Å². The van der Waals surface area contributed by atoms with Gasteiger partial charge in [-0.05, 0) is 66.1 Å². The van der Waals surface area contributed by atoms with Gasteiger partial charge in [0.05, 0.1) is 28.9 Å². The molecule has 192 valence electrons. The third-order valence-corrected chi connectivity index (χ3v) is 7.42. The largest absolute Gasteiger partial charge is 0.507 e. The molecule has 5 rings (SSSR count). The number of hydrogen-bond acceptors (Lipinski definition) is 7. The maximum Gasteiger partial charge on any atom is 0.301 e. The molecule has 1 N–H and O–H groups in total. The van der Waals surface area contributed by atoms with Gasteiger partial charge in [0, 0.05) is 5.56 Å². The van der Waals surface area contributed by atoms with Crippen molar-refractivity contribution in [3.8, 4) is 11.5 Å². The maximum absolute atomic E-state index is 13.5. The van der Waals surface area contributed by atoms with E-state index in [1.807, 2.05) is 18.2 Å². The zero-order valence-corrected chi connectivity index (χ0v) is 21.8. The van der Waals surface area contributed by atoms with Gasteiger partial charge in [0.15, 0.2) is 5.13 Å². The van der Waals surface area contributed by atoms with Crippen molar-refractivity contribution < 1.29 is 24.2 Å². The van der Waals surface area contributed by atoms with Crippen molar-refractivity contribution in [1.82, 2.24) is 4.98 Å². The van der Waals surface area contributed by atoms with Crippen molar-refractivity contribution in [3.63, 3.8) is 0 Å². The summed E-state index contributed by atoms with van der Waals surface area (Å²) in [6.45, 7) is 6.05. The number of aryl methyl sites for hydroxylation is 1. The van der Waals surface area contributed by atoms with Crippen LogP contribution in [-0.2, 0) is 16.0 Å². The highest BCUT2D eigenvalue weighted by Crippen LogP contribution is 2.45. The molecule has 7 nitrogen and oxygen atoms in total. The summed E-state index contributed by atoms with van der Waals surface area (Å²) in [5.74, 6) is -0.655. The number of benzene rings is 3. The van der Waals surface area contributed by atoms with Crippen molar-refractivity contribution in [2.24, 2.45) is 0 Å². The molecule has 1 atom stereocenters. The molecule has 0 saturated carbocycles. The quantitative estimate of drug-likeness (QED) is 0.130. The number of carbonyl (C=O) groups excluding carboxylic acids is 2. The number of thiazole rings is 1. The highest BCUT2D eigenvalue weighted by molar-refractivity contribution is 7.22. The number of aliphatic hydroxyl groups is 1. The molecule has 0 bridgehead atoms. The lowest BCUT2D eigenvalue weighted by molar-refractivity contribution is -0.132. The number of Topliss-reactive ketones (excluding diaryl/α,β-unsaturated/α-hetero) is 1. The van der Waals surface area contributed by atoms with Crippen LogP contribution >= 0.6 is 11.3 Å². The second-order valence-corrected chi connectivity index (χ2v) is 9.73. The first kappa shape index (κ1) is 25.2. The van der Waals surface area contributed by atoms with Gasteiger partial charge >= 0.3 is 5.91 Å². The first-order chi connectivity index (χ1) is 18.4. The molecule has 0 radical (unpaired) electrons. The maximum atomic E-state index is 13.5. The molecule has 2 heterocycles. The summed E-state index contributed by atoms with van der Waals surface area (Å²) >= 11 is 1.34. The Hall–Kier alpha value is -4.43. The number of ketones is 1. The first-order valence-electron chi connectivity index (χ1n) is 12.1. The minimum absolute atomic E-state index is 0.0189. The van der Waals surface area contributed by atoms with E-state index >= 15 is 0 Å². The molecule has 1 aliphatic rings. The molecule has 4 aromatic rings. The predicted octanol–water partition coefficient (Wildman–Crippen LogP) is 6.06. The molecule has 1 saturated heterocycles. The molecule has 1 aromatic heterocycles. The Labute approximate surface area is 224 Å². The predicted molar refractivity (Wildman–Crippen MR) is 149 cm³/mol. The molecule has 8 heteroatoms. The Morgan fingerprint density at radius 2 is 1.89 bits per heavy atom. The summed E-state index contributed by atoms with van der Waals surface area (Å²) in [6.07, 6.45) is 2.50. The standard InChI is InChI=1S/C30H26N2O5S/c1-4-15-37-22-8-6-7-20(17-22)26-25(27(33)19-10-12-21(36-3)13-11-19)28(34)29(35)32(26)30-31-23-14-9-18(5-2)16-24(23)38-30/h4,6-14,16-17,26,33H,1,5,15H2,2-3H3. The number of nitrogens with zero attached hydrogens (tertiary/aromatic N) is 2. The van der Waals surface area contributed by atoms with Gasteiger partial charge in [-0.1, -0.05) is 49.1 Å². The van der Waals surface area contributed by atoms with E-state index in [4.69, 9.17) is 14.5 Å². The Balaban J connectivity index is 1.69. The fourth-order valence-corrected chi connectivity index (χ4v) is 5.51. The van der Waals surface area contributed by atoms with Crippen LogP contribution < -0.4 is 14.4 Å². The van der Waals surface area contributed by atoms with Crippen molar-refractivity contribution in [3.05, 3.63) is 102 Å². The minimum atomic E-state index is -0.907. The van der Waals surface area contributed by atoms with Crippen molar-refractivity contribution in [2.45, 2.75) is 19.4 Å². The first-order valence-corrected chi connectivity index (χ1v) is 12.9. The van der Waals surface area contributed by atoms with Gasteiger partial charge in [0.1, 0.15) is 23.9 Å². The number of anilines is 1. The summed E-state index contributed by atoms with van der Waals surface area (Å²) in [6, 6.07) is 18.8. The number of carbonyl (C=O) groups is 2. The summed E-state index contributed by atoms with van der Waals surface area (Å²) in [5.41, 5.74) is 2.87. The third-order valence-electron chi connectivity index (χ3n) is 6.41. The van der Waals surface area contributed by atoms with E-state index in [9.17, 15) is 14.7 Å². The second-order valence-electron chi connectivity index (χ2n) is 8.72. The SMILES string of the molecule is C=CCOc1cccc(C2C(=C(O)c3ccc(OC)cc3)C(=O)C(=O)N2c2nc3ccc(CC)cc3s2)c1. The molecule has 1 amide bonds. The number of methoxy groups -OCH3 is 1. The molecule has 0 aliphatic carbocycles. The fraction of sp³-hybridized carbons (Fsp3) is 0.167. The van der Waals surface area contributed by atoms with Crippen LogP contribution in [0.3, 0.4) is 0 Å². The highest BCUT2D eigenvalue weighted by Gasteiger charge is 2.48. The van der Waals surface area contributed by atoms with Crippen molar-refractivity contribution in [2.75, 3.05) is 18.6 Å². The van der Waals surface area contributed by atoms with Crippen LogP contribution in [0.4, 0.5) is 5.13 Å². The zero-order valence-electron chi connectivity index (χ0n) is 21.0. The minimum Gasteiger partial charge on any atom is -0.507 e. The Bertz CT molecular complexity index is 1570. The lowest BCUT2D eigenvalue weighted by atomic mass is 9.95. The van der Waals surface area contributed by atoms with Crippen LogP contribution in [0.25, 0.3) is 16.0 Å². The van der Waals surface area contributed by atoms with E-state index in [1.54, 1.807) is 61.7 Å².